The summed E-state index contributed by atoms with van der Waals surface area (Å²) in [7, 11) is 0. The van der Waals surface area contributed by atoms with Crippen molar-refractivity contribution in [3.05, 3.63) is 66.2 Å². The molecule has 7 nitrogen and oxygen atoms in total. The second-order valence-electron chi connectivity index (χ2n) is 6.69. The van der Waals surface area contributed by atoms with Crippen LogP contribution in [-0.2, 0) is 0 Å². The van der Waals surface area contributed by atoms with Crippen LogP contribution in [-0.4, -0.2) is 25.4 Å². The summed E-state index contributed by atoms with van der Waals surface area (Å²) in [5.74, 6) is 1.48. The Balaban J connectivity index is 1.34. The van der Waals surface area contributed by atoms with Crippen LogP contribution in [0.4, 0.5) is 0 Å². The van der Waals surface area contributed by atoms with Gasteiger partial charge in [0.15, 0.2) is 0 Å². The number of rotatable bonds is 5. The first-order valence-electron chi connectivity index (χ1n) is 9.14. The van der Waals surface area contributed by atoms with Crippen LogP contribution in [0.5, 0.6) is 0 Å². The van der Waals surface area contributed by atoms with Crippen molar-refractivity contribution in [2.75, 3.05) is 0 Å². The Morgan fingerprint density at radius 2 is 1.69 bits per heavy atom. The highest BCUT2D eigenvalue weighted by Crippen LogP contribution is 2.36. The summed E-state index contributed by atoms with van der Waals surface area (Å²) in [5, 5.41) is 18.1. The van der Waals surface area contributed by atoms with Crippen molar-refractivity contribution in [1.29, 1.82) is 0 Å². The first kappa shape index (κ1) is 17.7. The smallest absolute Gasteiger partial charge is 0.277 e. The molecule has 2 aromatic carbocycles. The second-order valence-corrected chi connectivity index (χ2v) is 7.98. The van der Waals surface area contributed by atoms with Crippen molar-refractivity contribution in [2.45, 2.75) is 24.3 Å². The molecule has 8 heteroatoms. The molecule has 5 aromatic rings. The highest BCUT2D eigenvalue weighted by atomic mass is 32.2. The van der Waals surface area contributed by atoms with Crippen molar-refractivity contribution in [3.8, 4) is 22.9 Å². The van der Waals surface area contributed by atoms with Crippen molar-refractivity contribution in [3.63, 3.8) is 0 Å². The van der Waals surface area contributed by atoms with Gasteiger partial charge in [0.1, 0.15) is 0 Å². The van der Waals surface area contributed by atoms with Crippen molar-refractivity contribution in [1.82, 2.24) is 25.4 Å². The number of H-pyrrole nitrogens is 1. The maximum Gasteiger partial charge on any atom is 0.277 e. The fraction of sp³-hybridized carbons (Fsp3) is 0.143. The summed E-state index contributed by atoms with van der Waals surface area (Å²) in [6, 6.07) is 16.0. The second kappa shape index (κ2) is 7.21. The molecule has 0 saturated heterocycles. The molecule has 0 saturated carbocycles. The molecule has 0 amide bonds. The summed E-state index contributed by atoms with van der Waals surface area (Å²) < 4.78 is 11.7. The number of hydrogen-bond acceptors (Lipinski definition) is 7. The number of thioether (sulfide) groups is 1. The first-order valence-corrected chi connectivity index (χ1v) is 10.0. The molecular weight excluding hydrogens is 386 g/mol. The van der Waals surface area contributed by atoms with E-state index in [1.807, 2.05) is 68.6 Å². The van der Waals surface area contributed by atoms with Gasteiger partial charge in [-0.15, -0.1) is 20.4 Å². The van der Waals surface area contributed by atoms with Gasteiger partial charge in [-0.05, 0) is 32.0 Å². The molecule has 0 aliphatic carbocycles. The van der Waals surface area contributed by atoms with Crippen LogP contribution < -0.4 is 0 Å². The van der Waals surface area contributed by atoms with Crippen molar-refractivity contribution < 1.29 is 8.83 Å². The van der Waals surface area contributed by atoms with Crippen LogP contribution in [0.1, 0.15) is 23.6 Å². The number of fused-ring (bicyclic) bond motifs is 1. The first-order chi connectivity index (χ1) is 14.2. The predicted molar refractivity (Wildman–Crippen MR) is 110 cm³/mol. The van der Waals surface area contributed by atoms with Gasteiger partial charge in [0.05, 0.1) is 10.8 Å². The van der Waals surface area contributed by atoms with E-state index in [9.17, 15) is 0 Å². The number of hydrogen-bond donors (Lipinski definition) is 1. The fourth-order valence-corrected chi connectivity index (χ4v) is 3.74. The number of nitrogens with zero attached hydrogens (tertiary/aromatic N) is 4. The molecule has 0 aliphatic heterocycles. The normalized spacial score (nSPS) is 12.5. The third-order valence-electron chi connectivity index (χ3n) is 4.59. The molecule has 1 N–H and O–H groups in total. The average Bonchev–Trinajstić information content (AvgIpc) is 3.47. The zero-order valence-corrected chi connectivity index (χ0v) is 16.6. The van der Waals surface area contributed by atoms with E-state index in [4.69, 9.17) is 8.83 Å². The van der Waals surface area contributed by atoms with E-state index in [-0.39, 0.29) is 5.25 Å². The lowest BCUT2D eigenvalue weighted by molar-refractivity contribution is 0.461. The van der Waals surface area contributed by atoms with Gasteiger partial charge in [0.25, 0.3) is 11.1 Å². The highest BCUT2D eigenvalue weighted by molar-refractivity contribution is 7.99. The Bertz CT molecular complexity index is 1270. The molecule has 0 bridgehead atoms. The topological polar surface area (TPSA) is 93.6 Å². The molecule has 3 aromatic heterocycles. The van der Waals surface area contributed by atoms with Gasteiger partial charge in [-0.1, -0.05) is 47.7 Å². The van der Waals surface area contributed by atoms with E-state index in [1.54, 1.807) is 0 Å². The summed E-state index contributed by atoms with van der Waals surface area (Å²) in [4.78, 5) is 3.22. The molecule has 3 heterocycles. The Morgan fingerprint density at radius 1 is 0.897 bits per heavy atom. The van der Waals surface area contributed by atoms with Crippen LogP contribution in [0.2, 0.25) is 0 Å². The van der Waals surface area contributed by atoms with E-state index in [2.05, 4.69) is 25.4 Å². The standard InChI is InChI=1S/C21H17N5O2S/c1-12-7-9-14(10-8-12)19-24-23-18(27-19)13(2)29-21-26-25-20(28-21)16-11-22-17-6-4-3-5-15(16)17/h3-11,13,22H,1-2H3/t13-/m1/s1. The van der Waals surface area contributed by atoms with Gasteiger partial charge in [-0.3, -0.25) is 0 Å². The minimum Gasteiger partial charge on any atom is -0.419 e. The van der Waals surface area contributed by atoms with E-state index < -0.39 is 0 Å². The molecule has 144 valence electrons. The van der Waals surface area contributed by atoms with E-state index in [0.717, 1.165) is 22.0 Å². The molecule has 5 rings (SSSR count). The monoisotopic (exact) mass is 403 g/mol. The lowest BCUT2D eigenvalue weighted by atomic mass is 10.1. The Labute approximate surface area is 170 Å². The maximum atomic E-state index is 5.86. The number of benzene rings is 2. The van der Waals surface area contributed by atoms with Crippen molar-refractivity contribution >= 4 is 22.7 Å². The summed E-state index contributed by atoms with van der Waals surface area (Å²) in [6.45, 7) is 4.00. The minimum absolute atomic E-state index is 0.127. The number of aromatic amines is 1. The number of aromatic nitrogens is 5. The van der Waals surface area contributed by atoms with E-state index in [0.29, 0.717) is 22.9 Å². The third-order valence-corrected chi connectivity index (χ3v) is 5.51. The van der Waals surface area contributed by atoms with Crippen LogP contribution in [0.3, 0.4) is 0 Å². The van der Waals surface area contributed by atoms with Gasteiger partial charge >= 0.3 is 0 Å². The molecule has 1 atom stereocenters. The van der Waals surface area contributed by atoms with Crippen molar-refractivity contribution in [2.24, 2.45) is 0 Å². The molecular formula is C21H17N5O2S. The van der Waals surface area contributed by atoms with E-state index in [1.165, 1.54) is 17.3 Å². The molecule has 0 radical (unpaired) electrons. The molecule has 0 unspecified atom stereocenters. The fourth-order valence-electron chi connectivity index (χ4n) is 3.03. The van der Waals surface area contributed by atoms with Crippen LogP contribution >= 0.6 is 11.8 Å². The van der Waals surface area contributed by atoms with Crippen LogP contribution in [0.15, 0.2) is 68.8 Å². The summed E-state index contributed by atoms with van der Waals surface area (Å²) >= 11 is 1.38. The average molecular weight is 403 g/mol. The zero-order chi connectivity index (χ0) is 19.8. The lowest BCUT2D eigenvalue weighted by Gasteiger charge is -2.01. The summed E-state index contributed by atoms with van der Waals surface area (Å²) in [6.07, 6.45) is 1.88. The maximum absolute atomic E-state index is 5.86. The Hall–Kier alpha value is -3.39. The Kier molecular flexibility index (Phi) is 4.40. The van der Waals surface area contributed by atoms with E-state index >= 15 is 0 Å². The van der Waals surface area contributed by atoms with Gasteiger partial charge in [-0.25, -0.2) is 0 Å². The number of aryl methyl sites for hydroxylation is 1. The lowest BCUT2D eigenvalue weighted by Crippen LogP contribution is -1.88. The summed E-state index contributed by atoms with van der Waals surface area (Å²) in [5.41, 5.74) is 3.98. The number of para-hydroxylation sites is 1. The zero-order valence-electron chi connectivity index (χ0n) is 15.8. The van der Waals surface area contributed by atoms with Gasteiger partial charge in [-0.2, -0.15) is 0 Å². The minimum atomic E-state index is -0.127. The van der Waals surface area contributed by atoms with Gasteiger partial charge in [0, 0.05) is 22.7 Å². The van der Waals surface area contributed by atoms with Gasteiger partial charge in [0.2, 0.25) is 11.8 Å². The molecule has 0 fully saturated rings. The predicted octanol–water partition coefficient (Wildman–Crippen LogP) is 5.43. The number of nitrogens with one attached hydrogen (secondary N) is 1. The van der Waals surface area contributed by atoms with Gasteiger partial charge < -0.3 is 13.8 Å². The van der Waals surface area contributed by atoms with Crippen LogP contribution in [0, 0.1) is 6.92 Å². The quantitative estimate of drug-likeness (QED) is 0.391. The Morgan fingerprint density at radius 3 is 2.55 bits per heavy atom. The van der Waals surface area contributed by atoms with Crippen LogP contribution in [0.25, 0.3) is 33.8 Å². The largest absolute Gasteiger partial charge is 0.419 e. The SMILES string of the molecule is Cc1ccc(-c2nnc([C@@H](C)Sc3nnc(-c4c[nH]c5ccccc45)o3)o2)cc1. The molecule has 29 heavy (non-hydrogen) atoms. The molecule has 0 aliphatic rings. The third kappa shape index (κ3) is 3.42. The highest BCUT2D eigenvalue weighted by Gasteiger charge is 2.20. The molecule has 0 spiro atoms.